The lowest BCUT2D eigenvalue weighted by Crippen LogP contribution is -2.42. The standard InChI is InChI=1S/C24H24Cl2N2O4S/c1-27(20-9-6-10-21(16-20)32-2)24(29)17-28(14-13-18-7-4-3-5-8-18)33(30,31)23-15-19(25)11-12-22(23)26/h3-12,15-16H,13-14,17H2,1-2H3. The molecule has 3 aromatic rings. The van der Waals surface area contributed by atoms with E-state index in [1.165, 1.54) is 30.2 Å². The maximum absolute atomic E-state index is 13.5. The second kappa shape index (κ2) is 11.0. The Hall–Kier alpha value is -2.58. The van der Waals surface area contributed by atoms with E-state index in [4.69, 9.17) is 27.9 Å². The molecule has 3 rings (SSSR count). The zero-order chi connectivity index (χ0) is 24.0. The second-order valence-corrected chi connectivity index (χ2v) is 10.1. The molecule has 0 saturated carbocycles. The molecule has 0 bridgehead atoms. The van der Waals surface area contributed by atoms with Crippen LogP contribution in [0.2, 0.25) is 10.0 Å². The second-order valence-electron chi connectivity index (χ2n) is 7.30. The van der Waals surface area contributed by atoms with Crippen LogP contribution >= 0.6 is 23.2 Å². The van der Waals surface area contributed by atoms with E-state index in [2.05, 4.69) is 0 Å². The summed E-state index contributed by atoms with van der Waals surface area (Å²) in [7, 11) is -0.979. The van der Waals surface area contributed by atoms with Gasteiger partial charge in [0.1, 0.15) is 10.6 Å². The Morgan fingerprint density at radius 1 is 0.970 bits per heavy atom. The van der Waals surface area contributed by atoms with E-state index in [1.807, 2.05) is 30.3 Å². The van der Waals surface area contributed by atoms with Gasteiger partial charge in [-0.25, -0.2) is 8.42 Å². The molecule has 0 aliphatic rings. The molecule has 0 atom stereocenters. The third-order valence-electron chi connectivity index (χ3n) is 5.13. The zero-order valence-electron chi connectivity index (χ0n) is 18.2. The van der Waals surface area contributed by atoms with Crippen LogP contribution in [-0.2, 0) is 21.2 Å². The fourth-order valence-corrected chi connectivity index (χ4v) is 5.34. The lowest BCUT2D eigenvalue weighted by Gasteiger charge is -2.25. The molecule has 0 spiro atoms. The summed E-state index contributed by atoms with van der Waals surface area (Å²) in [4.78, 5) is 14.4. The van der Waals surface area contributed by atoms with E-state index >= 15 is 0 Å². The summed E-state index contributed by atoms with van der Waals surface area (Å²) in [5.74, 6) is 0.185. The van der Waals surface area contributed by atoms with E-state index in [0.717, 1.165) is 9.87 Å². The number of likely N-dealkylation sites (N-methyl/N-ethyl adjacent to an activating group) is 1. The van der Waals surface area contributed by atoms with E-state index in [0.29, 0.717) is 17.9 Å². The van der Waals surface area contributed by atoms with Crippen LogP contribution in [-0.4, -0.2) is 45.9 Å². The number of sulfonamides is 1. The average Bonchev–Trinajstić information content (AvgIpc) is 2.83. The Morgan fingerprint density at radius 2 is 1.70 bits per heavy atom. The summed E-state index contributed by atoms with van der Waals surface area (Å²) in [6.45, 7) is -0.279. The fourth-order valence-electron chi connectivity index (χ4n) is 3.22. The number of anilines is 1. The van der Waals surface area contributed by atoms with Gasteiger partial charge in [0.25, 0.3) is 0 Å². The highest BCUT2D eigenvalue weighted by molar-refractivity contribution is 7.89. The molecule has 0 aliphatic carbocycles. The zero-order valence-corrected chi connectivity index (χ0v) is 20.6. The molecule has 1 amide bonds. The largest absolute Gasteiger partial charge is 0.497 e. The summed E-state index contributed by atoms with van der Waals surface area (Å²) < 4.78 is 33.4. The SMILES string of the molecule is COc1cccc(N(C)C(=O)CN(CCc2ccccc2)S(=O)(=O)c2cc(Cl)ccc2Cl)c1. The van der Waals surface area contributed by atoms with Crippen LogP contribution < -0.4 is 9.64 Å². The van der Waals surface area contributed by atoms with Gasteiger partial charge in [0, 0.05) is 30.4 Å². The number of ether oxygens (including phenoxy) is 1. The summed E-state index contributed by atoms with van der Waals surface area (Å²) in [6, 6.07) is 20.7. The summed E-state index contributed by atoms with van der Waals surface area (Å²) in [5.41, 5.74) is 1.53. The first kappa shape index (κ1) is 25.1. The molecule has 0 aliphatic heterocycles. The Labute approximate surface area is 204 Å². The van der Waals surface area contributed by atoms with Gasteiger partial charge < -0.3 is 9.64 Å². The van der Waals surface area contributed by atoms with E-state index < -0.39 is 15.9 Å². The summed E-state index contributed by atoms with van der Waals surface area (Å²) >= 11 is 12.2. The van der Waals surface area contributed by atoms with Gasteiger partial charge in [-0.05, 0) is 42.3 Å². The molecule has 9 heteroatoms. The van der Waals surface area contributed by atoms with Crippen LogP contribution in [0.5, 0.6) is 5.75 Å². The van der Waals surface area contributed by atoms with E-state index in [1.54, 1.807) is 31.3 Å². The Bertz CT molecular complexity index is 1220. The monoisotopic (exact) mass is 506 g/mol. The molecular weight excluding hydrogens is 483 g/mol. The molecule has 6 nitrogen and oxygen atoms in total. The fraction of sp³-hybridized carbons (Fsp3) is 0.208. The number of carbonyl (C=O) groups is 1. The smallest absolute Gasteiger partial charge is 0.245 e. The van der Waals surface area contributed by atoms with Crippen molar-refractivity contribution in [3.05, 3.63) is 88.4 Å². The van der Waals surface area contributed by atoms with Crippen molar-refractivity contribution in [1.82, 2.24) is 4.31 Å². The van der Waals surface area contributed by atoms with E-state index in [-0.39, 0.29) is 28.0 Å². The maximum atomic E-state index is 13.5. The van der Waals surface area contributed by atoms with Gasteiger partial charge in [0.15, 0.2) is 0 Å². The molecular formula is C24H24Cl2N2O4S. The van der Waals surface area contributed by atoms with Crippen molar-refractivity contribution >= 4 is 44.8 Å². The van der Waals surface area contributed by atoms with Crippen molar-refractivity contribution in [2.45, 2.75) is 11.3 Å². The minimum absolute atomic E-state index is 0.0395. The molecule has 0 N–H and O–H groups in total. The van der Waals surface area contributed by atoms with Gasteiger partial charge in [-0.3, -0.25) is 4.79 Å². The van der Waals surface area contributed by atoms with Crippen molar-refractivity contribution in [3.8, 4) is 5.75 Å². The maximum Gasteiger partial charge on any atom is 0.245 e. The third kappa shape index (κ3) is 6.26. The number of hydrogen-bond donors (Lipinski definition) is 0. The van der Waals surface area contributed by atoms with Gasteiger partial charge in [-0.2, -0.15) is 4.31 Å². The lowest BCUT2D eigenvalue weighted by molar-refractivity contribution is -0.118. The Balaban J connectivity index is 1.90. The van der Waals surface area contributed by atoms with Crippen molar-refractivity contribution in [1.29, 1.82) is 0 Å². The molecule has 0 fully saturated rings. The Kier molecular flexibility index (Phi) is 8.37. The highest BCUT2D eigenvalue weighted by Gasteiger charge is 2.30. The first-order valence-electron chi connectivity index (χ1n) is 10.1. The van der Waals surface area contributed by atoms with Crippen molar-refractivity contribution in [3.63, 3.8) is 0 Å². The normalized spacial score (nSPS) is 11.4. The highest BCUT2D eigenvalue weighted by atomic mass is 35.5. The van der Waals surface area contributed by atoms with Gasteiger partial charge in [-0.15, -0.1) is 0 Å². The van der Waals surface area contributed by atoms with Crippen LogP contribution in [0, 0.1) is 0 Å². The Morgan fingerprint density at radius 3 is 2.39 bits per heavy atom. The van der Waals surface area contributed by atoms with Gasteiger partial charge in [-0.1, -0.05) is 59.6 Å². The molecule has 0 heterocycles. The van der Waals surface area contributed by atoms with E-state index in [9.17, 15) is 13.2 Å². The predicted octanol–water partition coefficient (Wildman–Crippen LogP) is 4.90. The van der Waals surface area contributed by atoms with Gasteiger partial charge in [0.2, 0.25) is 15.9 Å². The summed E-state index contributed by atoms with van der Waals surface area (Å²) in [5, 5.41) is 0.276. The first-order valence-corrected chi connectivity index (χ1v) is 12.3. The quantitative estimate of drug-likeness (QED) is 0.413. The number of benzene rings is 3. The van der Waals surface area contributed by atoms with Crippen molar-refractivity contribution < 1.29 is 17.9 Å². The number of hydrogen-bond acceptors (Lipinski definition) is 4. The molecule has 0 saturated heterocycles. The lowest BCUT2D eigenvalue weighted by atomic mass is 10.1. The van der Waals surface area contributed by atoms with Gasteiger partial charge in [0.05, 0.1) is 18.7 Å². The molecule has 3 aromatic carbocycles. The first-order chi connectivity index (χ1) is 15.7. The van der Waals surface area contributed by atoms with Crippen molar-refractivity contribution in [2.75, 3.05) is 32.1 Å². The predicted molar refractivity (Wildman–Crippen MR) is 132 cm³/mol. The molecule has 0 radical (unpaired) electrons. The van der Waals surface area contributed by atoms with Crippen LogP contribution in [0.15, 0.2) is 77.7 Å². The summed E-state index contributed by atoms with van der Waals surface area (Å²) in [6.07, 6.45) is 0.425. The topological polar surface area (TPSA) is 66.9 Å². The number of methoxy groups -OCH3 is 1. The number of amides is 1. The minimum Gasteiger partial charge on any atom is -0.497 e. The van der Waals surface area contributed by atoms with Crippen LogP contribution in [0.25, 0.3) is 0 Å². The average molecular weight is 507 g/mol. The molecule has 33 heavy (non-hydrogen) atoms. The van der Waals surface area contributed by atoms with Crippen molar-refractivity contribution in [2.24, 2.45) is 0 Å². The highest BCUT2D eigenvalue weighted by Crippen LogP contribution is 2.28. The van der Waals surface area contributed by atoms with Crippen LogP contribution in [0.4, 0.5) is 5.69 Å². The third-order valence-corrected chi connectivity index (χ3v) is 7.69. The number of nitrogens with zero attached hydrogens (tertiary/aromatic N) is 2. The van der Waals surface area contributed by atoms with Gasteiger partial charge >= 0.3 is 0 Å². The molecule has 174 valence electrons. The number of halogens is 2. The molecule has 0 unspecified atom stereocenters. The minimum atomic E-state index is -4.10. The number of carbonyl (C=O) groups excluding carboxylic acids is 1. The number of rotatable bonds is 9. The molecule has 0 aromatic heterocycles. The van der Waals surface area contributed by atoms with Crippen LogP contribution in [0.3, 0.4) is 0 Å². The van der Waals surface area contributed by atoms with Crippen LogP contribution in [0.1, 0.15) is 5.56 Å².